The highest BCUT2D eigenvalue weighted by Gasteiger charge is 2.22. The zero-order chi connectivity index (χ0) is 19.8. The van der Waals surface area contributed by atoms with Crippen molar-refractivity contribution in [3.05, 3.63) is 43.1 Å². The van der Waals surface area contributed by atoms with Crippen LogP contribution in [0.4, 0.5) is 5.82 Å². The highest BCUT2D eigenvalue weighted by molar-refractivity contribution is 8.00. The molecule has 0 aromatic carbocycles. The summed E-state index contributed by atoms with van der Waals surface area (Å²) in [5.74, 6) is -0.0544. The molecule has 0 radical (unpaired) electrons. The van der Waals surface area contributed by atoms with Gasteiger partial charge in [0.1, 0.15) is 4.83 Å². The maximum Gasteiger partial charge on any atom is 0.260 e. The van der Waals surface area contributed by atoms with E-state index in [9.17, 15) is 9.59 Å². The average molecular weight is 455 g/mol. The molecule has 2 N–H and O–H groups in total. The fraction of sp³-hybridized carbons (Fsp3) is 0.333. The molecule has 1 amide bonds. The molecule has 146 valence electrons. The minimum absolute atomic E-state index is 0.137. The van der Waals surface area contributed by atoms with Crippen molar-refractivity contribution in [2.45, 2.75) is 43.0 Å². The number of aryl methyl sites for hydroxylation is 2. The predicted octanol–water partition coefficient (Wildman–Crippen LogP) is 4.68. The van der Waals surface area contributed by atoms with Crippen molar-refractivity contribution in [2.75, 3.05) is 5.32 Å². The molecule has 1 aliphatic carbocycles. The largest absolute Gasteiger partial charge is 0.308 e. The first-order valence-electron chi connectivity index (χ1n) is 8.75. The van der Waals surface area contributed by atoms with E-state index in [1.165, 1.54) is 28.9 Å². The van der Waals surface area contributed by atoms with Crippen LogP contribution >= 0.6 is 46.3 Å². The fourth-order valence-electron chi connectivity index (χ4n) is 3.15. The lowest BCUT2D eigenvalue weighted by Crippen LogP contribution is -2.24. The second-order valence-corrected chi connectivity index (χ2v) is 9.75. The number of carbonyl (C=O) groups is 1. The molecule has 0 fully saturated rings. The molecule has 0 saturated carbocycles. The van der Waals surface area contributed by atoms with Crippen LogP contribution in [-0.4, -0.2) is 26.1 Å². The number of amides is 1. The summed E-state index contributed by atoms with van der Waals surface area (Å²) in [6, 6.07) is 1.51. The molecular formula is C18H16Cl2N4O2S2. The van der Waals surface area contributed by atoms with Gasteiger partial charge >= 0.3 is 0 Å². The summed E-state index contributed by atoms with van der Waals surface area (Å²) >= 11 is 14.6. The van der Waals surface area contributed by atoms with E-state index in [0.29, 0.717) is 15.6 Å². The molecule has 3 aromatic rings. The van der Waals surface area contributed by atoms with Crippen molar-refractivity contribution in [1.29, 1.82) is 0 Å². The summed E-state index contributed by atoms with van der Waals surface area (Å²) in [6.45, 7) is 1.73. The van der Waals surface area contributed by atoms with E-state index in [1.807, 2.05) is 0 Å². The quantitative estimate of drug-likeness (QED) is 0.441. The Labute approximate surface area is 179 Å². The van der Waals surface area contributed by atoms with Crippen molar-refractivity contribution < 1.29 is 4.79 Å². The Kier molecular flexibility index (Phi) is 5.64. The van der Waals surface area contributed by atoms with Gasteiger partial charge in [0.15, 0.2) is 11.0 Å². The number of rotatable bonds is 4. The zero-order valence-corrected chi connectivity index (χ0v) is 18.0. The highest BCUT2D eigenvalue weighted by atomic mass is 35.5. The molecule has 10 heteroatoms. The smallest absolute Gasteiger partial charge is 0.260 e. The number of carbonyl (C=O) groups excluding carboxylic acids is 1. The predicted molar refractivity (Wildman–Crippen MR) is 115 cm³/mol. The Balaban J connectivity index is 1.54. The van der Waals surface area contributed by atoms with Gasteiger partial charge in [0, 0.05) is 11.1 Å². The van der Waals surface area contributed by atoms with Crippen LogP contribution in [0.1, 0.15) is 30.2 Å². The lowest BCUT2D eigenvalue weighted by atomic mass is 9.97. The lowest BCUT2D eigenvalue weighted by molar-refractivity contribution is -0.115. The number of H-pyrrole nitrogens is 1. The lowest BCUT2D eigenvalue weighted by Gasteiger charge is -2.12. The van der Waals surface area contributed by atoms with E-state index in [4.69, 9.17) is 23.2 Å². The number of anilines is 1. The van der Waals surface area contributed by atoms with E-state index in [-0.39, 0.29) is 22.3 Å². The Hall–Kier alpha value is -1.61. The molecule has 6 nitrogen and oxygen atoms in total. The van der Waals surface area contributed by atoms with Crippen LogP contribution in [-0.2, 0) is 17.6 Å². The summed E-state index contributed by atoms with van der Waals surface area (Å²) in [4.78, 5) is 38.5. The molecule has 0 aliphatic heterocycles. The van der Waals surface area contributed by atoms with Crippen molar-refractivity contribution in [3.8, 4) is 0 Å². The van der Waals surface area contributed by atoms with Gasteiger partial charge in [0.25, 0.3) is 5.56 Å². The molecule has 4 rings (SSSR count). The number of aromatic amines is 1. The molecule has 3 heterocycles. The van der Waals surface area contributed by atoms with Gasteiger partial charge in [-0.15, -0.1) is 11.3 Å². The Bertz CT molecular complexity index is 1130. The zero-order valence-electron chi connectivity index (χ0n) is 14.8. The number of nitrogens with zero attached hydrogens (tertiary/aromatic N) is 2. The minimum atomic E-state index is -0.510. The number of thioether (sulfide) groups is 1. The van der Waals surface area contributed by atoms with Gasteiger partial charge in [-0.05, 0) is 44.2 Å². The van der Waals surface area contributed by atoms with E-state index < -0.39 is 5.25 Å². The van der Waals surface area contributed by atoms with Crippen LogP contribution in [0.15, 0.2) is 22.2 Å². The summed E-state index contributed by atoms with van der Waals surface area (Å²) in [5, 5.41) is 3.94. The summed E-state index contributed by atoms with van der Waals surface area (Å²) in [5.41, 5.74) is 1.01. The molecule has 0 saturated heterocycles. The molecule has 0 spiro atoms. The molecule has 1 aliphatic rings. The fourth-order valence-corrected chi connectivity index (χ4v) is 5.69. The van der Waals surface area contributed by atoms with Crippen LogP contribution < -0.4 is 10.9 Å². The summed E-state index contributed by atoms with van der Waals surface area (Å²) in [7, 11) is 0. The number of hydrogen-bond acceptors (Lipinski definition) is 6. The van der Waals surface area contributed by atoms with E-state index in [1.54, 1.807) is 18.3 Å². The third kappa shape index (κ3) is 3.91. The van der Waals surface area contributed by atoms with Gasteiger partial charge in [0.2, 0.25) is 5.91 Å². The van der Waals surface area contributed by atoms with Crippen LogP contribution in [0.2, 0.25) is 10.0 Å². The number of pyridine rings is 1. The number of halogens is 2. The normalized spacial score (nSPS) is 14.7. The van der Waals surface area contributed by atoms with Crippen LogP contribution in [0.5, 0.6) is 0 Å². The van der Waals surface area contributed by atoms with Gasteiger partial charge in [-0.1, -0.05) is 35.0 Å². The van der Waals surface area contributed by atoms with Crippen molar-refractivity contribution in [1.82, 2.24) is 15.0 Å². The first kappa shape index (κ1) is 19.7. The van der Waals surface area contributed by atoms with Gasteiger partial charge < -0.3 is 10.3 Å². The first-order valence-corrected chi connectivity index (χ1v) is 11.2. The van der Waals surface area contributed by atoms with Gasteiger partial charge in [-0.25, -0.2) is 9.97 Å². The van der Waals surface area contributed by atoms with Gasteiger partial charge in [-0.2, -0.15) is 0 Å². The van der Waals surface area contributed by atoms with Crippen LogP contribution in [0.3, 0.4) is 0 Å². The highest BCUT2D eigenvalue weighted by Crippen LogP contribution is 2.34. The van der Waals surface area contributed by atoms with Gasteiger partial charge in [0.05, 0.1) is 20.7 Å². The molecule has 3 aromatic heterocycles. The molecular weight excluding hydrogens is 439 g/mol. The standard InChI is InChI=1S/C18H16Cl2N4O2S2/c1-8(15(25)22-14-11(20)6-9(19)7-21-14)27-18-23-16(26)13-10-4-2-3-5-12(10)28-17(13)24-18/h6-8H,2-5H2,1H3,(H,21,22,25)(H,23,24,26)/t8-/m0/s1. The SMILES string of the molecule is C[C@H](Sc1nc2sc3c(c2c(=O)[nH]1)CCCC3)C(=O)Nc1ncc(Cl)cc1Cl. The minimum Gasteiger partial charge on any atom is -0.308 e. The Morgan fingerprint density at radius 2 is 2.14 bits per heavy atom. The monoisotopic (exact) mass is 454 g/mol. The molecule has 0 unspecified atom stereocenters. The van der Waals surface area contributed by atoms with E-state index >= 15 is 0 Å². The van der Waals surface area contributed by atoms with E-state index in [2.05, 4.69) is 20.3 Å². The molecule has 0 bridgehead atoms. The maximum absolute atomic E-state index is 12.6. The van der Waals surface area contributed by atoms with Crippen molar-refractivity contribution >= 4 is 68.2 Å². The summed E-state index contributed by atoms with van der Waals surface area (Å²) in [6.07, 6.45) is 5.60. The third-order valence-electron chi connectivity index (χ3n) is 4.51. The number of hydrogen-bond donors (Lipinski definition) is 2. The van der Waals surface area contributed by atoms with Crippen LogP contribution in [0, 0.1) is 0 Å². The number of aromatic nitrogens is 3. The molecule has 28 heavy (non-hydrogen) atoms. The maximum atomic E-state index is 12.6. The van der Waals surface area contributed by atoms with Crippen LogP contribution in [0.25, 0.3) is 10.2 Å². The summed E-state index contributed by atoms with van der Waals surface area (Å²) < 4.78 is 0. The first-order chi connectivity index (χ1) is 13.4. The Morgan fingerprint density at radius 1 is 1.36 bits per heavy atom. The second kappa shape index (κ2) is 8.02. The molecule has 1 atom stereocenters. The number of fused-ring (bicyclic) bond motifs is 3. The topological polar surface area (TPSA) is 87.7 Å². The van der Waals surface area contributed by atoms with E-state index in [0.717, 1.165) is 36.1 Å². The number of nitrogens with one attached hydrogen (secondary N) is 2. The van der Waals surface area contributed by atoms with Crippen molar-refractivity contribution in [2.24, 2.45) is 0 Å². The Morgan fingerprint density at radius 3 is 2.93 bits per heavy atom. The third-order valence-corrected chi connectivity index (χ3v) is 7.18. The van der Waals surface area contributed by atoms with Gasteiger partial charge in [-0.3, -0.25) is 9.59 Å². The number of thiophene rings is 1. The van der Waals surface area contributed by atoms with Crippen molar-refractivity contribution in [3.63, 3.8) is 0 Å². The average Bonchev–Trinajstić information content (AvgIpc) is 3.02. The second-order valence-electron chi connectivity index (χ2n) is 6.50.